The minimum absolute atomic E-state index is 0.168. The van der Waals surface area contributed by atoms with E-state index in [1.54, 1.807) is 31.4 Å². The quantitative estimate of drug-likeness (QED) is 0.524. The predicted octanol–water partition coefficient (Wildman–Crippen LogP) is 4.79. The van der Waals surface area contributed by atoms with Crippen molar-refractivity contribution >= 4 is 11.6 Å². The smallest absolute Gasteiger partial charge is 0.277 e. The second-order valence-electron chi connectivity index (χ2n) is 6.32. The number of anilines is 1. The van der Waals surface area contributed by atoms with E-state index in [2.05, 4.69) is 17.4 Å². The molecule has 7 nitrogen and oxygen atoms in total. The Labute approximate surface area is 169 Å². The zero-order chi connectivity index (χ0) is 20.6. The summed E-state index contributed by atoms with van der Waals surface area (Å²) < 4.78 is 21.4. The summed E-state index contributed by atoms with van der Waals surface area (Å²) in [6, 6.07) is 14.2. The molecule has 29 heavy (non-hydrogen) atoms. The van der Waals surface area contributed by atoms with Gasteiger partial charge in [-0.05, 0) is 42.8 Å². The first-order valence-electron chi connectivity index (χ1n) is 9.38. The van der Waals surface area contributed by atoms with Gasteiger partial charge in [0.15, 0.2) is 11.5 Å². The number of carbonyl (C=O) groups is 1. The number of nitrogens with one attached hydrogen (secondary N) is 1. The van der Waals surface area contributed by atoms with E-state index in [-0.39, 0.29) is 5.69 Å². The Hall–Kier alpha value is -3.48. The minimum Gasteiger partial charge on any atom is -0.497 e. The minimum atomic E-state index is -0.400. The molecule has 2 aromatic carbocycles. The first-order chi connectivity index (χ1) is 14.1. The SMILES string of the molecule is CCCCOc1ccc(-c2cc(C(=O)Nc3ccc(OC)cc3OC)no2)cc1. The van der Waals surface area contributed by atoms with Crippen LogP contribution in [-0.2, 0) is 0 Å². The lowest BCUT2D eigenvalue weighted by Gasteiger charge is -2.10. The summed E-state index contributed by atoms with van der Waals surface area (Å²) in [5, 5.41) is 6.65. The number of nitrogens with zero attached hydrogens (tertiary/aromatic N) is 1. The Morgan fingerprint density at radius 2 is 1.79 bits per heavy atom. The molecule has 0 aliphatic rings. The summed E-state index contributed by atoms with van der Waals surface area (Å²) in [7, 11) is 3.09. The van der Waals surface area contributed by atoms with Gasteiger partial charge in [0.05, 0.1) is 26.5 Å². The van der Waals surface area contributed by atoms with Crippen LogP contribution in [0.2, 0.25) is 0 Å². The highest BCUT2D eigenvalue weighted by molar-refractivity contribution is 6.04. The monoisotopic (exact) mass is 396 g/mol. The Bertz CT molecular complexity index is 950. The average molecular weight is 396 g/mol. The van der Waals surface area contributed by atoms with Gasteiger partial charge in [-0.15, -0.1) is 0 Å². The van der Waals surface area contributed by atoms with Gasteiger partial charge in [0.2, 0.25) is 0 Å². The van der Waals surface area contributed by atoms with Crippen LogP contribution in [0, 0.1) is 0 Å². The van der Waals surface area contributed by atoms with Crippen LogP contribution in [0.4, 0.5) is 5.69 Å². The number of methoxy groups -OCH3 is 2. The molecule has 0 aliphatic carbocycles. The lowest BCUT2D eigenvalue weighted by Crippen LogP contribution is -2.13. The third-order valence-corrected chi connectivity index (χ3v) is 4.31. The number of aromatic nitrogens is 1. The molecule has 1 heterocycles. The van der Waals surface area contributed by atoms with Crippen LogP contribution >= 0.6 is 0 Å². The second-order valence-corrected chi connectivity index (χ2v) is 6.32. The standard InChI is InChI=1S/C22H24N2O5/c1-4-5-12-28-16-8-6-15(7-9-16)20-14-19(24-29-20)22(25)23-18-11-10-17(26-2)13-21(18)27-3/h6-11,13-14H,4-5,12H2,1-3H3,(H,23,25). The van der Waals surface area contributed by atoms with E-state index in [0.717, 1.165) is 24.2 Å². The van der Waals surface area contributed by atoms with Crippen LogP contribution in [0.3, 0.4) is 0 Å². The van der Waals surface area contributed by atoms with Gasteiger partial charge in [0.25, 0.3) is 5.91 Å². The van der Waals surface area contributed by atoms with Crippen molar-refractivity contribution in [1.82, 2.24) is 5.16 Å². The molecule has 0 fully saturated rings. The molecule has 1 amide bonds. The Morgan fingerprint density at radius 1 is 1.03 bits per heavy atom. The second kappa shape index (κ2) is 9.64. The Kier molecular flexibility index (Phi) is 6.73. The highest BCUT2D eigenvalue weighted by Gasteiger charge is 2.16. The molecule has 3 rings (SSSR count). The fraction of sp³-hybridized carbons (Fsp3) is 0.273. The summed E-state index contributed by atoms with van der Waals surface area (Å²) in [6.07, 6.45) is 2.10. The van der Waals surface area contributed by atoms with Crippen LogP contribution in [0.25, 0.3) is 11.3 Å². The number of hydrogen-bond acceptors (Lipinski definition) is 6. The number of amides is 1. The van der Waals surface area contributed by atoms with Crippen LogP contribution in [-0.4, -0.2) is 31.9 Å². The number of rotatable bonds is 9. The van der Waals surface area contributed by atoms with Crippen LogP contribution < -0.4 is 19.5 Å². The van der Waals surface area contributed by atoms with E-state index in [1.807, 2.05) is 24.3 Å². The fourth-order valence-corrected chi connectivity index (χ4v) is 2.66. The van der Waals surface area contributed by atoms with Gasteiger partial charge in [-0.25, -0.2) is 0 Å². The lowest BCUT2D eigenvalue weighted by atomic mass is 10.1. The van der Waals surface area contributed by atoms with Crippen molar-refractivity contribution < 1.29 is 23.5 Å². The lowest BCUT2D eigenvalue weighted by molar-refractivity contribution is 0.101. The Morgan fingerprint density at radius 3 is 2.48 bits per heavy atom. The summed E-state index contributed by atoms with van der Waals surface area (Å²) in [6.45, 7) is 2.81. The molecule has 3 aromatic rings. The van der Waals surface area contributed by atoms with Gasteiger partial charge in [-0.1, -0.05) is 18.5 Å². The van der Waals surface area contributed by atoms with Crippen molar-refractivity contribution in [2.45, 2.75) is 19.8 Å². The first kappa shape index (κ1) is 20.3. The molecule has 0 unspecified atom stereocenters. The molecular weight excluding hydrogens is 372 g/mol. The molecule has 0 aliphatic heterocycles. The summed E-state index contributed by atoms with van der Waals surface area (Å²) >= 11 is 0. The molecule has 7 heteroatoms. The zero-order valence-electron chi connectivity index (χ0n) is 16.7. The normalized spacial score (nSPS) is 10.4. The topological polar surface area (TPSA) is 82.8 Å². The van der Waals surface area contributed by atoms with Gasteiger partial charge in [0.1, 0.15) is 17.2 Å². The van der Waals surface area contributed by atoms with E-state index in [9.17, 15) is 4.79 Å². The van der Waals surface area contributed by atoms with E-state index in [4.69, 9.17) is 18.7 Å². The maximum absolute atomic E-state index is 12.5. The number of carbonyl (C=O) groups excluding carboxylic acids is 1. The number of hydrogen-bond donors (Lipinski definition) is 1. The van der Waals surface area contributed by atoms with Crippen molar-refractivity contribution in [3.8, 4) is 28.6 Å². The third-order valence-electron chi connectivity index (χ3n) is 4.31. The third kappa shape index (κ3) is 5.07. The van der Waals surface area contributed by atoms with Gasteiger partial charge in [0, 0.05) is 17.7 Å². The molecule has 1 N–H and O–H groups in total. The maximum atomic E-state index is 12.5. The number of ether oxygens (including phenoxy) is 3. The fourth-order valence-electron chi connectivity index (χ4n) is 2.66. The molecule has 0 saturated carbocycles. The van der Waals surface area contributed by atoms with Gasteiger partial charge >= 0.3 is 0 Å². The largest absolute Gasteiger partial charge is 0.497 e. The van der Waals surface area contributed by atoms with Crippen LogP contribution in [0.1, 0.15) is 30.3 Å². The molecule has 0 saturated heterocycles. The maximum Gasteiger partial charge on any atom is 0.277 e. The highest BCUT2D eigenvalue weighted by atomic mass is 16.5. The Balaban J connectivity index is 1.69. The number of unbranched alkanes of at least 4 members (excludes halogenated alkanes) is 1. The molecule has 152 valence electrons. The van der Waals surface area contributed by atoms with Crippen molar-refractivity contribution in [1.29, 1.82) is 0 Å². The van der Waals surface area contributed by atoms with Crippen LogP contribution in [0.15, 0.2) is 53.1 Å². The van der Waals surface area contributed by atoms with Crippen molar-refractivity contribution in [3.63, 3.8) is 0 Å². The molecule has 0 radical (unpaired) electrons. The first-order valence-corrected chi connectivity index (χ1v) is 9.38. The summed E-state index contributed by atoms with van der Waals surface area (Å²) in [5.74, 6) is 2.01. The average Bonchev–Trinajstić information content (AvgIpc) is 3.25. The van der Waals surface area contributed by atoms with Gasteiger partial charge < -0.3 is 24.1 Å². The van der Waals surface area contributed by atoms with Crippen molar-refractivity contribution in [2.75, 3.05) is 26.1 Å². The van der Waals surface area contributed by atoms with Gasteiger partial charge in [-0.2, -0.15) is 0 Å². The molecular formula is C22H24N2O5. The summed E-state index contributed by atoms with van der Waals surface area (Å²) in [5.41, 5.74) is 1.49. The van der Waals surface area contributed by atoms with Crippen molar-refractivity contribution in [2.24, 2.45) is 0 Å². The summed E-state index contributed by atoms with van der Waals surface area (Å²) in [4.78, 5) is 12.5. The molecule has 0 bridgehead atoms. The molecule has 0 atom stereocenters. The van der Waals surface area contributed by atoms with E-state index >= 15 is 0 Å². The van der Waals surface area contributed by atoms with E-state index in [0.29, 0.717) is 29.6 Å². The van der Waals surface area contributed by atoms with Crippen LogP contribution in [0.5, 0.6) is 17.2 Å². The predicted molar refractivity (Wildman–Crippen MR) is 110 cm³/mol. The number of benzene rings is 2. The van der Waals surface area contributed by atoms with E-state index < -0.39 is 5.91 Å². The zero-order valence-corrected chi connectivity index (χ0v) is 16.7. The van der Waals surface area contributed by atoms with Crippen molar-refractivity contribution in [3.05, 3.63) is 54.2 Å². The molecule has 0 spiro atoms. The molecule has 1 aromatic heterocycles. The van der Waals surface area contributed by atoms with E-state index in [1.165, 1.54) is 7.11 Å². The highest BCUT2D eigenvalue weighted by Crippen LogP contribution is 2.30. The van der Waals surface area contributed by atoms with Gasteiger partial charge in [-0.3, -0.25) is 4.79 Å².